The number of pyridine rings is 1. The van der Waals surface area contributed by atoms with E-state index in [0.29, 0.717) is 39.9 Å². The number of fused-ring (bicyclic) bond motifs is 3. The van der Waals surface area contributed by atoms with Crippen LogP contribution < -0.4 is 5.32 Å². The number of carbonyl (C=O) groups excluding carboxylic acids is 1. The second-order valence-electron chi connectivity index (χ2n) is 8.13. The number of hydrogen-bond acceptors (Lipinski definition) is 5. The Hall–Kier alpha value is -4.27. The third-order valence-corrected chi connectivity index (χ3v) is 5.58. The predicted molar refractivity (Wildman–Crippen MR) is 124 cm³/mol. The summed E-state index contributed by atoms with van der Waals surface area (Å²) in [6.07, 6.45) is -2.58. The van der Waals surface area contributed by atoms with Gasteiger partial charge in [0.1, 0.15) is 5.52 Å². The van der Waals surface area contributed by atoms with Gasteiger partial charge >= 0.3 is 6.18 Å². The van der Waals surface area contributed by atoms with E-state index in [1.54, 1.807) is 25.3 Å². The molecule has 0 aliphatic carbocycles. The average molecular weight is 476 g/mol. The van der Waals surface area contributed by atoms with Gasteiger partial charge in [-0.15, -0.1) is 0 Å². The smallest absolute Gasteiger partial charge is 0.416 e. The molecule has 0 saturated carbocycles. The molecule has 0 aliphatic rings. The first-order valence-electron chi connectivity index (χ1n) is 10.8. The highest BCUT2D eigenvalue weighted by atomic mass is 19.4. The van der Waals surface area contributed by atoms with E-state index in [0.717, 1.165) is 11.6 Å². The Morgan fingerprint density at radius 1 is 1.03 bits per heavy atom. The highest BCUT2D eigenvalue weighted by Gasteiger charge is 2.33. The number of hydrogen-bond donors (Lipinski definition) is 1. The van der Waals surface area contributed by atoms with Gasteiger partial charge in [0.15, 0.2) is 5.58 Å². The predicted octanol–water partition coefficient (Wildman–Crippen LogP) is 5.62. The highest BCUT2D eigenvalue weighted by molar-refractivity contribution is 6.03. The first-order valence-corrected chi connectivity index (χ1v) is 10.8. The van der Waals surface area contributed by atoms with Crippen LogP contribution in [0.15, 0.2) is 71.3 Å². The number of furan rings is 1. The third kappa shape index (κ3) is 4.57. The van der Waals surface area contributed by atoms with Gasteiger partial charge in [0.2, 0.25) is 11.5 Å². The largest absolute Gasteiger partial charge is 0.434 e. The van der Waals surface area contributed by atoms with Crippen LogP contribution >= 0.6 is 0 Å². The van der Waals surface area contributed by atoms with E-state index in [4.69, 9.17) is 4.42 Å². The molecule has 0 spiro atoms. The SMILES string of the molecule is Cc1ccc(C(F)(F)F)c(CNC(=O)c2nc(Cc3ccccc3)c3oc4ncccc4c3n2)c1. The average Bonchev–Trinajstić information content (AvgIpc) is 3.21. The van der Waals surface area contributed by atoms with Gasteiger partial charge in [-0.25, -0.2) is 15.0 Å². The lowest BCUT2D eigenvalue weighted by Crippen LogP contribution is -2.26. The van der Waals surface area contributed by atoms with Crippen LogP contribution in [0.4, 0.5) is 13.2 Å². The van der Waals surface area contributed by atoms with Crippen LogP contribution in [-0.2, 0) is 19.1 Å². The van der Waals surface area contributed by atoms with Crippen molar-refractivity contribution in [1.29, 1.82) is 0 Å². The van der Waals surface area contributed by atoms with E-state index in [9.17, 15) is 18.0 Å². The standard InChI is InChI=1S/C26H19F3N4O2/c1-15-9-10-19(26(27,28)29)17(12-15)14-31-24(34)23-32-20(13-16-6-3-2-4-7-16)22-21(33-23)18-8-5-11-30-25(18)35-22/h2-12H,13-14H2,1H3,(H,31,34). The molecule has 0 bridgehead atoms. The molecule has 0 saturated heterocycles. The van der Waals surface area contributed by atoms with Crippen molar-refractivity contribution >= 4 is 28.1 Å². The number of rotatable bonds is 5. The molecule has 176 valence electrons. The molecule has 5 rings (SSSR count). The van der Waals surface area contributed by atoms with Crippen LogP contribution in [-0.4, -0.2) is 20.9 Å². The molecule has 6 nitrogen and oxygen atoms in total. The Morgan fingerprint density at radius 2 is 1.83 bits per heavy atom. The van der Waals surface area contributed by atoms with Crippen LogP contribution in [0.1, 0.15) is 38.6 Å². The summed E-state index contributed by atoms with van der Waals surface area (Å²) in [6, 6.07) is 16.8. The Morgan fingerprint density at radius 3 is 2.60 bits per heavy atom. The van der Waals surface area contributed by atoms with Gasteiger partial charge in [0, 0.05) is 19.2 Å². The number of aryl methyl sites for hydroxylation is 1. The summed E-state index contributed by atoms with van der Waals surface area (Å²) in [4.78, 5) is 26.0. The van der Waals surface area contributed by atoms with Crippen LogP contribution in [0.3, 0.4) is 0 Å². The van der Waals surface area contributed by atoms with Gasteiger partial charge in [0.05, 0.1) is 16.6 Å². The van der Waals surface area contributed by atoms with E-state index >= 15 is 0 Å². The van der Waals surface area contributed by atoms with Crippen LogP contribution in [0.25, 0.3) is 22.2 Å². The van der Waals surface area contributed by atoms with E-state index in [2.05, 4.69) is 20.3 Å². The first-order chi connectivity index (χ1) is 16.8. The summed E-state index contributed by atoms with van der Waals surface area (Å²) in [7, 11) is 0. The highest BCUT2D eigenvalue weighted by Crippen LogP contribution is 2.33. The van der Waals surface area contributed by atoms with Gasteiger partial charge in [-0.2, -0.15) is 13.2 Å². The lowest BCUT2D eigenvalue weighted by molar-refractivity contribution is -0.138. The number of carbonyl (C=O) groups is 1. The first kappa shape index (κ1) is 22.5. The second kappa shape index (κ2) is 8.83. The minimum atomic E-state index is -4.53. The number of halogens is 3. The number of amides is 1. The molecule has 0 atom stereocenters. The maximum Gasteiger partial charge on any atom is 0.416 e. The maximum atomic E-state index is 13.4. The molecule has 0 aliphatic heterocycles. The summed E-state index contributed by atoms with van der Waals surface area (Å²) in [5, 5.41) is 3.16. The second-order valence-corrected chi connectivity index (χ2v) is 8.13. The maximum absolute atomic E-state index is 13.4. The zero-order valence-electron chi connectivity index (χ0n) is 18.6. The number of nitrogens with zero attached hydrogens (tertiary/aromatic N) is 3. The fourth-order valence-electron chi connectivity index (χ4n) is 3.95. The number of nitrogens with one attached hydrogen (secondary N) is 1. The molecular formula is C26H19F3N4O2. The van der Waals surface area contributed by atoms with Crippen molar-refractivity contribution in [2.75, 3.05) is 0 Å². The Balaban J connectivity index is 1.52. The number of benzene rings is 2. The minimum absolute atomic E-state index is 0.0330. The van der Waals surface area contributed by atoms with Crippen LogP contribution in [0.5, 0.6) is 0 Å². The fraction of sp³-hybridized carbons (Fsp3) is 0.154. The molecule has 0 unspecified atom stereocenters. The molecule has 3 heterocycles. The lowest BCUT2D eigenvalue weighted by atomic mass is 10.0. The third-order valence-electron chi connectivity index (χ3n) is 5.58. The topological polar surface area (TPSA) is 80.9 Å². The Bertz CT molecular complexity index is 1550. The molecule has 1 amide bonds. The lowest BCUT2D eigenvalue weighted by Gasteiger charge is -2.14. The summed E-state index contributed by atoms with van der Waals surface area (Å²) in [6.45, 7) is 1.37. The molecule has 5 aromatic rings. The monoisotopic (exact) mass is 476 g/mol. The zero-order chi connectivity index (χ0) is 24.6. The van der Waals surface area contributed by atoms with E-state index in [-0.39, 0.29) is 17.9 Å². The van der Waals surface area contributed by atoms with Crippen molar-refractivity contribution in [3.05, 3.63) is 101 Å². The summed E-state index contributed by atoms with van der Waals surface area (Å²) in [5.74, 6) is -0.842. The molecule has 2 aromatic carbocycles. The molecule has 9 heteroatoms. The Kier molecular flexibility index (Phi) is 5.68. The van der Waals surface area contributed by atoms with Crippen molar-refractivity contribution in [2.24, 2.45) is 0 Å². The fourth-order valence-corrected chi connectivity index (χ4v) is 3.95. The van der Waals surface area contributed by atoms with Crippen molar-refractivity contribution < 1.29 is 22.4 Å². The normalized spacial score (nSPS) is 11.8. The van der Waals surface area contributed by atoms with Gasteiger partial charge in [0.25, 0.3) is 5.91 Å². The summed E-state index contributed by atoms with van der Waals surface area (Å²) < 4.78 is 46.2. The number of aromatic nitrogens is 3. The van der Waals surface area contributed by atoms with Crippen molar-refractivity contribution in [3.63, 3.8) is 0 Å². The minimum Gasteiger partial charge on any atom is -0.434 e. The van der Waals surface area contributed by atoms with Crippen molar-refractivity contribution in [3.8, 4) is 0 Å². The van der Waals surface area contributed by atoms with Crippen molar-refractivity contribution in [2.45, 2.75) is 26.1 Å². The zero-order valence-corrected chi connectivity index (χ0v) is 18.6. The van der Waals surface area contributed by atoms with Crippen LogP contribution in [0, 0.1) is 6.92 Å². The molecule has 0 fully saturated rings. The molecule has 3 aromatic heterocycles. The van der Waals surface area contributed by atoms with Gasteiger partial charge in [-0.05, 0) is 36.2 Å². The summed E-state index contributed by atoms with van der Waals surface area (Å²) >= 11 is 0. The number of alkyl halides is 3. The Labute approximate surface area is 197 Å². The molecule has 0 radical (unpaired) electrons. The molecule has 1 N–H and O–H groups in total. The van der Waals surface area contributed by atoms with Crippen molar-refractivity contribution in [1.82, 2.24) is 20.3 Å². The summed E-state index contributed by atoms with van der Waals surface area (Å²) in [5.41, 5.74) is 2.45. The van der Waals surface area contributed by atoms with E-state index in [1.165, 1.54) is 12.1 Å². The van der Waals surface area contributed by atoms with Crippen LogP contribution in [0.2, 0.25) is 0 Å². The molecule has 35 heavy (non-hydrogen) atoms. The quantitative estimate of drug-likeness (QED) is 0.356. The van der Waals surface area contributed by atoms with E-state index in [1.807, 2.05) is 30.3 Å². The van der Waals surface area contributed by atoms with Gasteiger partial charge < -0.3 is 9.73 Å². The van der Waals surface area contributed by atoms with E-state index < -0.39 is 17.6 Å². The van der Waals surface area contributed by atoms with Gasteiger partial charge in [-0.1, -0.05) is 48.0 Å². The van der Waals surface area contributed by atoms with Gasteiger partial charge in [-0.3, -0.25) is 4.79 Å². The molecular weight excluding hydrogens is 457 g/mol.